The minimum absolute atomic E-state index is 0.132. The SMILES string of the molecule is CN1CC/C=C(\C(=O)c2ccc(-c3nc4c(-c5ccncc5)ccnc4[nH]3)cc2)CCC1. The molecule has 1 N–H and O–H groups in total. The van der Waals surface area contributed by atoms with Gasteiger partial charge < -0.3 is 9.88 Å². The molecule has 1 aromatic carbocycles. The molecule has 5 rings (SSSR count). The summed E-state index contributed by atoms with van der Waals surface area (Å²) in [7, 11) is 2.13. The van der Waals surface area contributed by atoms with Gasteiger partial charge in [0.05, 0.1) is 0 Å². The smallest absolute Gasteiger partial charge is 0.188 e. The lowest BCUT2D eigenvalue weighted by Crippen LogP contribution is -2.22. The lowest BCUT2D eigenvalue weighted by atomic mass is 9.96. The van der Waals surface area contributed by atoms with Crippen molar-refractivity contribution in [2.45, 2.75) is 19.3 Å². The predicted octanol–water partition coefficient (Wildman–Crippen LogP) is 4.91. The molecule has 0 fully saturated rings. The van der Waals surface area contributed by atoms with E-state index in [2.05, 4.69) is 33.0 Å². The average molecular weight is 424 g/mol. The fourth-order valence-corrected chi connectivity index (χ4v) is 4.20. The van der Waals surface area contributed by atoms with Gasteiger partial charge in [0, 0.05) is 41.8 Å². The predicted molar refractivity (Wildman–Crippen MR) is 126 cm³/mol. The Morgan fingerprint density at radius 3 is 2.59 bits per heavy atom. The number of hydrogen-bond donors (Lipinski definition) is 1. The van der Waals surface area contributed by atoms with Gasteiger partial charge in [0.2, 0.25) is 0 Å². The standard InChI is InChI=1S/C26H25N5O/c1-31-16-2-4-19(5-3-17-31)24(32)20-6-8-21(9-7-20)25-29-23-22(12-15-28-26(23)30-25)18-10-13-27-14-11-18/h4,6-15H,2-3,5,16-17H2,1H3,(H,28,29,30)/b19-4-. The van der Waals surface area contributed by atoms with Crippen LogP contribution in [0.15, 0.2) is 72.7 Å². The zero-order chi connectivity index (χ0) is 21.9. The molecule has 1 aliphatic rings. The molecule has 1 aliphatic heterocycles. The number of pyridine rings is 2. The van der Waals surface area contributed by atoms with Crippen LogP contribution in [0.2, 0.25) is 0 Å². The van der Waals surface area contributed by atoms with Crippen LogP contribution >= 0.6 is 0 Å². The van der Waals surface area contributed by atoms with Crippen LogP contribution in [0.3, 0.4) is 0 Å². The first kappa shape index (κ1) is 20.3. The second kappa shape index (κ2) is 8.85. The monoisotopic (exact) mass is 423 g/mol. The molecule has 0 spiro atoms. The highest BCUT2D eigenvalue weighted by Crippen LogP contribution is 2.28. The molecule has 0 radical (unpaired) electrons. The highest BCUT2D eigenvalue weighted by atomic mass is 16.1. The van der Waals surface area contributed by atoms with Gasteiger partial charge in [0.15, 0.2) is 11.4 Å². The number of H-pyrrole nitrogens is 1. The van der Waals surface area contributed by atoms with Crippen LogP contribution in [-0.2, 0) is 0 Å². The summed E-state index contributed by atoms with van der Waals surface area (Å²) in [6.07, 6.45) is 10.2. The van der Waals surface area contributed by atoms with Crippen molar-refractivity contribution in [3.05, 3.63) is 78.3 Å². The van der Waals surface area contributed by atoms with E-state index in [1.807, 2.05) is 42.5 Å². The maximum Gasteiger partial charge on any atom is 0.188 e. The fraction of sp³-hybridized carbons (Fsp3) is 0.231. The summed E-state index contributed by atoms with van der Waals surface area (Å²) in [4.78, 5) is 32.0. The van der Waals surface area contributed by atoms with Gasteiger partial charge in [-0.2, -0.15) is 0 Å². The van der Waals surface area contributed by atoms with Crippen LogP contribution in [-0.4, -0.2) is 50.8 Å². The van der Waals surface area contributed by atoms with E-state index >= 15 is 0 Å². The Kier molecular flexibility index (Phi) is 5.60. The summed E-state index contributed by atoms with van der Waals surface area (Å²) in [5.41, 5.74) is 6.19. The van der Waals surface area contributed by atoms with Crippen LogP contribution in [0.1, 0.15) is 29.6 Å². The maximum absolute atomic E-state index is 13.0. The number of carbonyl (C=O) groups is 1. The Hall–Kier alpha value is -3.64. The summed E-state index contributed by atoms with van der Waals surface area (Å²) >= 11 is 0. The number of nitrogens with zero attached hydrogens (tertiary/aromatic N) is 4. The van der Waals surface area contributed by atoms with Crippen LogP contribution in [0.25, 0.3) is 33.7 Å². The van der Waals surface area contributed by atoms with Crippen molar-refractivity contribution in [2.75, 3.05) is 20.1 Å². The van der Waals surface area contributed by atoms with Gasteiger partial charge in [0.1, 0.15) is 11.3 Å². The van der Waals surface area contributed by atoms with Gasteiger partial charge >= 0.3 is 0 Å². The number of Topliss-reactive ketones (excluding diaryl/α,β-unsaturated/α-hetero) is 1. The first-order chi connectivity index (χ1) is 15.7. The van der Waals surface area contributed by atoms with E-state index < -0.39 is 0 Å². The number of nitrogens with one attached hydrogen (secondary N) is 1. The summed E-state index contributed by atoms with van der Waals surface area (Å²) in [6.45, 7) is 2.03. The molecule has 0 aliphatic carbocycles. The van der Waals surface area contributed by atoms with Crippen LogP contribution in [0.4, 0.5) is 0 Å². The third-order valence-electron chi connectivity index (χ3n) is 5.98. The molecular weight excluding hydrogens is 398 g/mol. The largest absolute Gasteiger partial charge is 0.323 e. The summed E-state index contributed by atoms with van der Waals surface area (Å²) in [5.74, 6) is 0.869. The Morgan fingerprint density at radius 1 is 0.969 bits per heavy atom. The van der Waals surface area contributed by atoms with Crippen LogP contribution < -0.4 is 0 Å². The van der Waals surface area contributed by atoms with Gasteiger partial charge in [-0.25, -0.2) is 9.97 Å². The number of ketones is 1. The van der Waals surface area contributed by atoms with Gasteiger partial charge in [-0.05, 0) is 62.2 Å². The number of allylic oxidation sites excluding steroid dienone is 1. The van der Waals surface area contributed by atoms with Crippen LogP contribution in [0, 0.1) is 0 Å². The molecular formula is C26H25N5O. The molecule has 0 atom stereocenters. The van der Waals surface area contributed by atoms with Crippen molar-refractivity contribution < 1.29 is 4.79 Å². The second-order valence-corrected chi connectivity index (χ2v) is 8.21. The van der Waals surface area contributed by atoms with Crippen molar-refractivity contribution in [3.63, 3.8) is 0 Å². The molecule has 6 nitrogen and oxygen atoms in total. The molecule has 0 amide bonds. The Balaban J connectivity index is 1.42. The molecule has 4 heterocycles. The van der Waals surface area contributed by atoms with E-state index in [1.165, 1.54) is 0 Å². The number of carbonyl (C=O) groups excluding carboxylic acids is 1. The summed E-state index contributed by atoms with van der Waals surface area (Å²) in [6, 6.07) is 13.6. The van der Waals surface area contributed by atoms with Crippen molar-refractivity contribution in [1.82, 2.24) is 24.8 Å². The maximum atomic E-state index is 13.0. The third kappa shape index (κ3) is 4.09. The number of fused-ring (bicyclic) bond motifs is 1. The quantitative estimate of drug-likeness (QED) is 0.472. The van der Waals surface area contributed by atoms with Crippen molar-refractivity contribution >= 4 is 16.9 Å². The van der Waals surface area contributed by atoms with Gasteiger partial charge in [-0.1, -0.05) is 30.3 Å². The highest BCUT2D eigenvalue weighted by molar-refractivity contribution is 6.08. The van der Waals surface area contributed by atoms with E-state index in [0.29, 0.717) is 0 Å². The normalized spacial score (nSPS) is 16.8. The highest BCUT2D eigenvalue weighted by Gasteiger charge is 2.16. The fourth-order valence-electron chi connectivity index (χ4n) is 4.20. The third-order valence-corrected chi connectivity index (χ3v) is 5.98. The summed E-state index contributed by atoms with van der Waals surface area (Å²) < 4.78 is 0. The lowest BCUT2D eigenvalue weighted by Gasteiger charge is -2.19. The zero-order valence-electron chi connectivity index (χ0n) is 18.1. The first-order valence-electron chi connectivity index (χ1n) is 11.0. The number of benzene rings is 1. The molecule has 32 heavy (non-hydrogen) atoms. The Morgan fingerprint density at radius 2 is 1.78 bits per heavy atom. The first-order valence-corrected chi connectivity index (χ1v) is 11.0. The number of aromatic nitrogens is 4. The van der Waals surface area contributed by atoms with E-state index in [1.54, 1.807) is 18.6 Å². The number of rotatable bonds is 4. The van der Waals surface area contributed by atoms with Crippen molar-refractivity contribution in [1.29, 1.82) is 0 Å². The minimum Gasteiger partial charge on any atom is -0.323 e. The topological polar surface area (TPSA) is 74.8 Å². The lowest BCUT2D eigenvalue weighted by molar-refractivity contribution is 0.102. The number of aromatic amines is 1. The van der Waals surface area contributed by atoms with Gasteiger partial charge in [-0.15, -0.1) is 0 Å². The molecule has 6 heteroatoms. The molecule has 0 bridgehead atoms. The molecule has 160 valence electrons. The van der Waals surface area contributed by atoms with Crippen LogP contribution in [0.5, 0.6) is 0 Å². The average Bonchev–Trinajstić information content (AvgIpc) is 3.26. The molecule has 0 unspecified atom stereocenters. The minimum atomic E-state index is 0.132. The number of hydrogen-bond acceptors (Lipinski definition) is 5. The van der Waals surface area contributed by atoms with E-state index in [4.69, 9.17) is 4.98 Å². The van der Waals surface area contributed by atoms with E-state index in [9.17, 15) is 4.79 Å². The molecule has 3 aromatic heterocycles. The van der Waals surface area contributed by atoms with Gasteiger partial charge in [-0.3, -0.25) is 9.78 Å². The molecule has 4 aromatic rings. The van der Waals surface area contributed by atoms with E-state index in [0.717, 1.165) is 77.2 Å². The van der Waals surface area contributed by atoms with Gasteiger partial charge in [0.25, 0.3) is 0 Å². The molecule has 0 saturated carbocycles. The Labute approximate surface area is 187 Å². The van der Waals surface area contributed by atoms with E-state index in [-0.39, 0.29) is 5.78 Å². The van der Waals surface area contributed by atoms with Crippen molar-refractivity contribution in [2.24, 2.45) is 0 Å². The zero-order valence-corrected chi connectivity index (χ0v) is 18.1. The second-order valence-electron chi connectivity index (χ2n) is 8.21. The summed E-state index contributed by atoms with van der Waals surface area (Å²) in [5, 5.41) is 0. The van der Waals surface area contributed by atoms with Crippen molar-refractivity contribution in [3.8, 4) is 22.5 Å². The Bertz CT molecular complexity index is 1270. The number of imidazole rings is 1. The molecule has 0 saturated heterocycles.